The van der Waals surface area contributed by atoms with Crippen LogP contribution in [0.4, 0.5) is 5.69 Å². The number of ether oxygens (including phenoxy) is 1. The van der Waals surface area contributed by atoms with Gasteiger partial charge in [0.25, 0.3) is 0 Å². The minimum Gasteiger partial charge on any atom is -0.480 e. The lowest BCUT2D eigenvalue weighted by Crippen LogP contribution is -2.20. The van der Waals surface area contributed by atoms with E-state index >= 15 is 0 Å². The third-order valence-electron chi connectivity index (χ3n) is 4.22. The summed E-state index contributed by atoms with van der Waals surface area (Å²) in [5.41, 5.74) is 3.46. The monoisotopic (exact) mass is 347 g/mol. The van der Waals surface area contributed by atoms with Crippen LogP contribution in [0.1, 0.15) is 24.8 Å². The molecule has 0 aliphatic carbocycles. The molecule has 0 aliphatic rings. The van der Waals surface area contributed by atoms with Crippen molar-refractivity contribution < 1.29 is 9.53 Å². The quantitative estimate of drug-likeness (QED) is 0.723. The highest BCUT2D eigenvalue weighted by Gasteiger charge is 2.18. The van der Waals surface area contributed by atoms with E-state index in [-0.39, 0.29) is 11.8 Å². The normalized spacial score (nSPS) is 11.6. The van der Waals surface area contributed by atoms with E-state index in [1.54, 1.807) is 13.2 Å². The molecule has 2 aromatic carbocycles. The molecule has 3 aromatic rings. The van der Waals surface area contributed by atoms with Gasteiger partial charge in [0.2, 0.25) is 11.8 Å². The molecule has 1 atom stereocenters. The molecule has 0 spiro atoms. The lowest BCUT2D eigenvalue weighted by molar-refractivity contribution is -0.117. The number of nitrogens with zero attached hydrogens (tertiary/aromatic N) is 2. The number of amides is 1. The fourth-order valence-electron chi connectivity index (χ4n) is 2.79. The minimum absolute atomic E-state index is 0.00399. The molecular weight excluding hydrogens is 326 g/mol. The first-order chi connectivity index (χ1) is 12.7. The maximum absolute atomic E-state index is 12.6. The van der Waals surface area contributed by atoms with E-state index in [1.165, 1.54) is 0 Å². The maximum atomic E-state index is 12.6. The summed E-state index contributed by atoms with van der Waals surface area (Å²) in [6.07, 6.45) is 0.745. The number of nitrogens with one attached hydrogen (secondary N) is 1. The molecular formula is C21H21N3O2. The molecule has 5 heteroatoms. The van der Waals surface area contributed by atoms with Gasteiger partial charge < -0.3 is 10.1 Å². The highest BCUT2D eigenvalue weighted by molar-refractivity contribution is 5.96. The largest absolute Gasteiger partial charge is 0.480 e. The van der Waals surface area contributed by atoms with Crippen molar-refractivity contribution in [3.8, 4) is 17.1 Å². The van der Waals surface area contributed by atoms with Crippen molar-refractivity contribution >= 4 is 11.6 Å². The molecule has 0 radical (unpaired) electrons. The Bertz CT molecular complexity index is 847. The SMILES string of the molecule is CC[C@H](C(=O)Nc1ccc(-c2ccc(OC)nn2)cc1)c1ccccc1. The Kier molecular flexibility index (Phi) is 5.59. The van der Waals surface area contributed by atoms with Crippen LogP contribution in [0.5, 0.6) is 5.88 Å². The van der Waals surface area contributed by atoms with Gasteiger partial charge in [-0.25, -0.2) is 0 Å². The number of carbonyl (C=O) groups is 1. The molecule has 5 nitrogen and oxygen atoms in total. The molecule has 1 N–H and O–H groups in total. The van der Waals surface area contributed by atoms with E-state index in [2.05, 4.69) is 15.5 Å². The predicted molar refractivity (Wildman–Crippen MR) is 102 cm³/mol. The first kappa shape index (κ1) is 17.6. The summed E-state index contributed by atoms with van der Waals surface area (Å²) in [5, 5.41) is 11.1. The molecule has 1 aromatic heterocycles. The Morgan fingerprint density at radius 3 is 2.31 bits per heavy atom. The maximum Gasteiger partial charge on any atom is 0.233 e. The van der Waals surface area contributed by atoms with Crippen LogP contribution in [0.3, 0.4) is 0 Å². The van der Waals surface area contributed by atoms with Gasteiger partial charge in [0.1, 0.15) is 0 Å². The Morgan fingerprint density at radius 2 is 1.73 bits per heavy atom. The topological polar surface area (TPSA) is 64.1 Å². The second-order valence-electron chi connectivity index (χ2n) is 5.90. The molecule has 1 heterocycles. The van der Waals surface area contributed by atoms with Crippen LogP contribution in [0, 0.1) is 0 Å². The van der Waals surface area contributed by atoms with E-state index in [4.69, 9.17) is 4.74 Å². The summed E-state index contributed by atoms with van der Waals surface area (Å²) in [4.78, 5) is 12.6. The minimum atomic E-state index is -0.164. The Hall–Kier alpha value is -3.21. The second kappa shape index (κ2) is 8.25. The Morgan fingerprint density at radius 1 is 1.00 bits per heavy atom. The molecule has 0 saturated carbocycles. The molecule has 0 saturated heterocycles. The zero-order valence-electron chi connectivity index (χ0n) is 14.8. The number of rotatable bonds is 6. The van der Waals surface area contributed by atoms with Crippen LogP contribution in [0.2, 0.25) is 0 Å². The van der Waals surface area contributed by atoms with Crippen molar-refractivity contribution in [3.05, 3.63) is 72.3 Å². The third-order valence-corrected chi connectivity index (χ3v) is 4.22. The van der Waals surface area contributed by atoms with Crippen LogP contribution >= 0.6 is 0 Å². The van der Waals surface area contributed by atoms with Gasteiger partial charge >= 0.3 is 0 Å². The van der Waals surface area contributed by atoms with Crippen molar-refractivity contribution in [1.82, 2.24) is 10.2 Å². The van der Waals surface area contributed by atoms with Gasteiger partial charge in [-0.1, -0.05) is 49.4 Å². The van der Waals surface area contributed by atoms with Crippen LogP contribution < -0.4 is 10.1 Å². The molecule has 3 rings (SSSR count). The number of carbonyl (C=O) groups excluding carboxylic acids is 1. The van der Waals surface area contributed by atoms with E-state index in [0.29, 0.717) is 5.88 Å². The lowest BCUT2D eigenvalue weighted by Gasteiger charge is -2.15. The van der Waals surface area contributed by atoms with Crippen molar-refractivity contribution in [3.63, 3.8) is 0 Å². The van der Waals surface area contributed by atoms with Gasteiger partial charge in [-0.05, 0) is 30.2 Å². The summed E-state index contributed by atoms with van der Waals surface area (Å²) in [5.74, 6) is 0.308. The summed E-state index contributed by atoms with van der Waals surface area (Å²) in [6, 6.07) is 21.0. The van der Waals surface area contributed by atoms with Crippen LogP contribution in [0.15, 0.2) is 66.7 Å². The summed E-state index contributed by atoms with van der Waals surface area (Å²) in [6.45, 7) is 2.02. The standard InChI is InChI=1S/C21H21N3O2/c1-3-18(15-7-5-4-6-8-15)21(25)22-17-11-9-16(10-12-17)19-13-14-20(26-2)24-23-19/h4-14,18H,3H2,1-2H3,(H,22,25)/t18-/m0/s1. The summed E-state index contributed by atoms with van der Waals surface area (Å²) < 4.78 is 5.02. The zero-order valence-corrected chi connectivity index (χ0v) is 14.8. The fraction of sp³-hybridized carbons (Fsp3) is 0.190. The third kappa shape index (κ3) is 4.06. The number of aromatic nitrogens is 2. The summed E-state index contributed by atoms with van der Waals surface area (Å²) in [7, 11) is 1.56. The fourth-order valence-corrected chi connectivity index (χ4v) is 2.79. The van der Waals surface area contributed by atoms with Crippen molar-refractivity contribution in [2.45, 2.75) is 19.3 Å². The number of hydrogen-bond donors (Lipinski definition) is 1. The highest BCUT2D eigenvalue weighted by atomic mass is 16.5. The number of benzene rings is 2. The van der Waals surface area contributed by atoms with Gasteiger partial charge in [0.05, 0.1) is 18.7 Å². The Labute approximate surface area is 153 Å². The highest BCUT2D eigenvalue weighted by Crippen LogP contribution is 2.23. The predicted octanol–water partition coefficient (Wildman–Crippen LogP) is 4.28. The average Bonchev–Trinajstić information content (AvgIpc) is 2.70. The lowest BCUT2D eigenvalue weighted by atomic mass is 9.95. The Balaban J connectivity index is 1.71. The first-order valence-corrected chi connectivity index (χ1v) is 8.55. The van der Waals surface area contributed by atoms with Gasteiger partial charge in [-0.2, -0.15) is 0 Å². The van der Waals surface area contributed by atoms with Crippen molar-refractivity contribution in [2.75, 3.05) is 12.4 Å². The van der Waals surface area contributed by atoms with Gasteiger partial charge in [-0.3, -0.25) is 4.79 Å². The van der Waals surface area contributed by atoms with E-state index < -0.39 is 0 Å². The first-order valence-electron chi connectivity index (χ1n) is 8.55. The number of hydrogen-bond acceptors (Lipinski definition) is 4. The van der Waals surface area contributed by atoms with Crippen LogP contribution in [0.25, 0.3) is 11.3 Å². The summed E-state index contributed by atoms with van der Waals surface area (Å²) >= 11 is 0. The van der Waals surface area contributed by atoms with Crippen LogP contribution in [-0.4, -0.2) is 23.2 Å². The molecule has 0 fully saturated rings. The second-order valence-corrected chi connectivity index (χ2v) is 5.90. The average molecular weight is 347 g/mol. The van der Waals surface area contributed by atoms with E-state index in [1.807, 2.05) is 67.6 Å². The molecule has 1 amide bonds. The van der Waals surface area contributed by atoms with Gasteiger partial charge in [0, 0.05) is 17.3 Å². The van der Waals surface area contributed by atoms with Crippen molar-refractivity contribution in [1.29, 1.82) is 0 Å². The zero-order chi connectivity index (χ0) is 18.4. The molecule has 0 aliphatic heterocycles. The molecule has 132 valence electrons. The number of methoxy groups -OCH3 is 1. The molecule has 0 unspecified atom stereocenters. The van der Waals surface area contributed by atoms with Crippen LogP contribution in [-0.2, 0) is 4.79 Å². The van der Waals surface area contributed by atoms with Gasteiger partial charge in [-0.15, -0.1) is 10.2 Å². The number of anilines is 1. The molecule has 26 heavy (non-hydrogen) atoms. The van der Waals surface area contributed by atoms with E-state index in [9.17, 15) is 4.79 Å². The van der Waals surface area contributed by atoms with Gasteiger partial charge in [0.15, 0.2) is 0 Å². The smallest absolute Gasteiger partial charge is 0.233 e. The molecule has 0 bridgehead atoms. The van der Waals surface area contributed by atoms with Crippen molar-refractivity contribution in [2.24, 2.45) is 0 Å². The van der Waals surface area contributed by atoms with E-state index in [0.717, 1.165) is 28.9 Å².